The van der Waals surface area contributed by atoms with Gasteiger partial charge in [0.1, 0.15) is 49.3 Å². The molecule has 5 aliphatic carbocycles. The molecule has 7 fully saturated rings. The van der Waals surface area contributed by atoms with E-state index in [1.165, 1.54) is 5.57 Å². The van der Waals surface area contributed by atoms with E-state index in [0.29, 0.717) is 32.1 Å². The Balaban J connectivity index is 1.03. The van der Waals surface area contributed by atoms with Gasteiger partial charge in [0.25, 0.3) is 0 Å². The topological polar surface area (TPSA) is 315 Å². The fourth-order valence-electron chi connectivity index (χ4n) is 14.7. The summed E-state index contributed by atoms with van der Waals surface area (Å²) in [4.78, 5) is 50.6. The second-order valence-electron chi connectivity index (χ2n) is 22.9. The number of hydrogen-bond donors (Lipinski definition) is 9. The van der Waals surface area contributed by atoms with Crippen LogP contribution in [0.25, 0.3) is 0 Å². The number of esters is 1. The number of aliphatic carboxylic acids is 3. The zero-order valence-corrected chi connectivity index (χ0v) is 39.2. The summed E-state index contributed by atoms with van der Waals surface area (Å²) in [5.41, 5.74) is -1.07. The highest BCUT2D eigenvalue weighted by atomic mass is 16.8. The van der Waals surface area contributed by atoms with Crippen molar-refractivity contribution in [2.24, 2.45) is 50.2 Å². The van der Waals surface area contributed by atoms with Crippen LogP contribution in [0.3, 0.4) is 0 Å². The average molecular weight is 955 g/mol. The molecule has 20 heteroatoms. The van der Waals surface area contributed by atoms with Crippen LogP contribution in [0.15, 0.2) is 11.6 Å². The fraction of sp³-hybridized carbons (Fsp3) is 0.872. The van der Waals surface area contributed by atoms with Crippen LogP contribution in [-0.2, 0) is 52.3 Å². The van der Waals surface area contributed by atoms with Gasteiger partial charge in [-0.15, -0.1) is 0 Å². The van der Waals surface area contributed by atoms with Crippen LogP contribution in [-0.4, -0.2) is 163 Å². The minimum Gasteiger partial charge on any atom is -0.480 e. The lowest BCUT2D eigenvalue weighted by Crippen LogP contribution is -2.72. The molecule has 20 nitrogen and oxygen atoms in total. The van der Waals surface area contributed by atoms with Crippen LogP contribution in [0.2, 0.25) is 0 Å². The molecular formula is C47H70O20. The minimum atomic E-state index is -3.34. The Morgan fingerprint density at radius 1 is 0.761 bits per heavy atom. The van der Waals surface area contributed by atoms with E-state index >= 15 is 0 Å². The lowest BCUT2D eigenvalue weighted by molar-refractivity contribution is -0.435. The number of carboxylic acids is 3. The molecule has 4 saturated carbocycles. The van der Waals surface area contributed by atoms with Crippen molar-refractivity contribution in [2.75, 3.05) is 13.2 Å². The van der Waals surface area contributed by atoms with Crippen molar-refractivity contribution in [1.82, 2.24) is 0 Å². The highest BCUT2D eigenvalue weighted by molar-refractivity contribution is 5.79. The summed E-state index contributed by atoms with van der Waals surface area (Å²) in [5, 5.41) is 93.2. The Morgan fingerprint density at radius 3 is 2.09 bits per heavy atom. The molecule has 8 aliphatic rings. The van der Waals surface area contributed by atoms with Crippen LogP contribution in [0.4, 0.5) is 0 Å². The molecule has 0 unspecified atom stereocenters. The summed E-state index contributed by atoms with van der Waals surface area (Å²) in [6.07, 6.45) is -10.2. The first-order valence-corrected chi connectivity index (χ1v) is 23.7. The zero-order chi connectivity index (χ0) is 49.2. The lowest BCUT2D eigenvalue weighted by Gasteiger charge is -2.71. The monoisotopic (exact) mass is 954 g/mol. The van der Waals surface area contributed by atoms with Crippen molar-refractivity contribution in [3.63, 3.8) is 0 Å². The molecule has 378 valence electrons. The third-order valence-electron chi connectivity index (χ3n) is 18.7. The molecule has 0 amide bonds. The quantitative estimate of drug-likeness (QED) is 0.0854. The normalized spacial score (nSPS) is 49.9. The Labute approximate surface area is 388 Å². The number of hydrogen-bond acceptors (Lipinski definition) is 17. The van der Waals surface area contributed by atoms with Gasteiger partial charge in [0.2, 0.25) is 12.6 Å². The van der Waals surface area contributed by atoms with Crippen LogP contribution >= 0.6 is 0 Å². The van der Waals surface area contributed by atoms with E-state index in [1.807, 2.05) is 0 Å². The van der Waals surface area contributed by atoms with Crippen molar-refractivity contribution in [3.05, 3.63) is 11.6 Å². The van der Waals surface area contributed by atoms with Gasteiger partial charge in [-0.05, 0) is 109 Å². The van der Waals surface area contributed by atoms with Crippen molar-refractivity contribution >= 4 is 23.9 Å². The third kappa shape index (κ3) is 7.78. The first-order chi connectivity index (χ1) is 31.1. The Kier molecular flexibility index (Phi) is 13.0. The largest absolute Gasteiger partial charge is 0.480 e. The molecule has 9 N–H and O–H groups in total. The predicted molar refractivity (Wildman–Crippen MR) is 226 cm³/mol. The number of aliphatic hydroxyl groups is 6. The van der Waals surface area contributed by atoms with E-state index < -0.39 is 128 Å². The van der Waals surface area contributed by atoms with Crippen LogP contribution in [0.1, 0.15) is 113 Å². The van der Waals surface area contributed by atoms with Crippen molar-refractivity contribution in [1.29, 1.82) is 0 Å². The molecular weight excluding hydrogens is 884 g/mol. The summed E-state index contributed by atoms with van der Waals surface area (Å²) in [7, 11) is 0. The summed E-state index contributed by atoms with van der Waals surface area (Å²) < 4.78 is 40.0. The maximum atomic E-state index is 14.7. The molecule has 3 aliphatic heterocycles. The van der Waals surface area contributed by atoms with Crippen LogP contribution in [0, 0.1) is 50.2 Å². The Bertz CT molecular complexity index is 1990. The summed E-state index contributed by atoms with van der Waals surface area (Å²) >= 11 is 0. The van der Waals surface area contributed by atoms with E-state index in [9.17, 15) is 60.0 Å². The van der Waals surface area contributed by atoms with Crippen molar-refractivity contribution < 1.29 is 98.3 Å². The number of carboxylic acid groups (broad SMARTS) is 3. The van der Waals surface area contributed by atoms with Gasteiger partial charge in [-0.1, -0.05) is 60.1 Å². The average Bonchev–Trinajstić information content (AvgIpc) is 3.24. The van der Waals surface area contributed by atoms with Crippen LogP contribution in [0.5, 0.6) is 0 Å². The van der Waals surface area contributed by atoms with Crippen molar-refractivity contribution in [3.8, 4) is 0 Å². The minimum absolute atomic E-state index is 0.0811. The second-order valence-corrected chi connectivity index (χ2v) is 22.9. The fourth-order valence-corrected chi connectivity index (χ4v) is 14.7. The number of allylic oxidation sites excluding steroid dienone is 2. The molecule has 0 aromatic carbocycles. The van der Waals surface area contributed by atoms with E-state index in [-0.39, 0.29) is 39.4 Å². The summed E-state index contributed by atoms with van der Waals surface area (Å²) in [5.74, 6) is -8.93. The highest BCUT2D eigenvalue weighted by Gasteiger charge is 2.71. The van der Waals surface area contributed by atoms with Gasteiger partial charge in [-0.2, -0.15) is 0 Å². The molecule has 3 heterocycles. The highest BCUT2D eigenvalue weighted by Crippen LogP contribution is 2.76. The first kappa shape index (κ1) is 50.5. The zero-order valence-electron chi connectivity index (χ0n) is 39.2. The molecule has 8 rings (SSSR count). The van der Waals surface area contributed by atoms with Gasteiger partial charge in [0, 0.05) is 0 Å². The van der Waals surface area contributed by atoms with Gasteiger partial charge >= 0.3 is 29.7 Å². The number of carbonyl (C=O) groups excluding carboxylic acids is 1. The molecule has 0 radical (unpaired) electrons. The lowest BCUT2D eigenvalue weighted by atomic mass is 9.33. The second kappa shape index (κ2) is 17.2. The van der Waals surface area contributed by atoms with E-state index in [4.69, 9.17) is 38.3 Å². The maximum Gasteiger partial charge on any atom is 0.369 e. The van der Waals surface area contributed by atoms with Gasteiger partial charge in [-0.3, -0.25) is 4.79 Å². The number of rotatable bonds is 10. The van der Waals surface area contributed by atoms with Gasteiger partial charge in [0.05, 0.1) is 18.1 Å². The predicted octanol–water partition coefficient (Wildman–Crippen LogP) is 1.67. The van der Waals surface area contributed by atoms with E-state index in [2.05, 4.69) is 54.5 Å². The molecule has 0 aromatic heterocycles. The number of ether oxygens (including phenoxy) is 7. The van der Waals surface area contributed by atoms with Gasteiger partial charge < -0.3 is 79.1 Å². The van der Waals surface area contributed by atoms with Gasteiger partial charge in [-0.25, -0.2) is 14.4 Å². The molecule has 67 heavy (non-hydrogen) atoms. The molecule has 0 aromatic rings. The number of aliphatic hydroxyl groups excluding tert-OH is 5. The summed E-state index contributed by atoms with van der Waals surface area (Å²) in [6, 6.07) is 0. The Hall–Kier alpha value is -2.86. The maximum absolute atomic E-state index is 14.7. The Morgan fingerprint density at radius 2 is 1.45 bits per heavy atom. The van der Waals surface area contributed by atoms with Crippen LogP contribution < -0.4 is 0 Å². The summed E-state index contributed by atoms with van der Waals surface area (Å²) in [6.45, 7) is 14.0. The molecule has 20 atom stereocenters. The van der Waals surface area contributed by atoms with Gasteiger partial charge in [0.15, 0.2) is 12.4 Å². The van der Waals surface area contributed by atoms with E-state index in [1.54, 1.807) is 0 Å². The van der Waals surface area contributed by atoms with E-state index in [0.717, 1.165) is 32.1 Å². The smallest absolute Gasteiger partial charge is 0.369 e. The molecule has 3 saturated heterocycles. The standard InChI is InChI=1S/C47H70O20/c1-41(2)14-16-46(39(59)66-36-30(53)29(52)28(51)23(19-48)62-36)17-15-44(6)21(22(46)18-41)8-9-25-43(5)12-11-26(42(3,4)24(43)10-13-45(25,44)7)63-37-31(54)32-33(34(64-37)35(55)56)67-47(60,38(57)58)40(65-32)61-20-27(49)50/h8,22-26,28-34,36-37,40,48,51-54,60H,9-20H2,1-7H3,(H,49,50)(H,55,56)(H,57,58)/t22-,23+,24-,25+,26-,28+,29-,30+,31+,32+,33-,34-,36-,37+,40-,43-,44+,45+,46-,47-/m0/s1. The first-order valence-electron chi connectivity index (χ1n) is 23.7. The van der Waals surface area contributed by atoms with Crippen molar-refractivity contribution in [2.45, 2.75) is 192 Å². The number of carbonyl (C=O) groups is 4. The number of fused-ring (bicyclic) bond motifs is 8. The molecule has 0 bridgehead atoms. The SMILES string of the molecule is CC1(C)CC[C@]2(C(=O)O[C@@H]3O[C@H](CO)[C@@H](O)[C@H](O)[C@H]3O)CC[C@]3(C)C(=CC[C@@H]4[C@@]5(C)CC[C@H](O[C@@H]6O[C@H](C(=O)O)[C@H]7O[C@@](O)(C(=O)O)[C@@H](OCC(=O)O)O[C@@H]7[C@H]6O)C(C)(C)[C@@H]5CC[C@]43C)[C@@H]2C1. The molecule has 0 spiro atoms. The third-order valence-corrected chi connectivity index (χ3v) is 18.7.